The summed E-state index contributed by atoms with van der Waals surface area (Å²) in [6.45, 7) is 0.490. The van der Waals surface area contributed by atoms with E-state index in [-0.39, 0.29) is 18.0 Å². The molecule has 0 unspecified atom stereocenters. The second-order valence-corrected chi connectivity index (χ2v) is 7.92. The van der Waals surface area contributed by atoms with Gasteiger partial charge in [0.1, 0.15) is 0 Å². The van der Waals surface area contributed by atoms with Gasteiger partial charge in [-0.3, -0.25) is 0 Å². The van der Waals surface area contributed by atoms with Crippen molar-refractivity contribution >= 4 is 21.4 Å². The SMILES string of the molecule is O=S(=O)(c1cccc(C(F)(F)F)c1)N1CCc2sccc2C1. The molecule has 0 amide bonds. The fourth-order valence-electron chi connectivity index (χ4n) is 2.41. The average Bonchev–Trinajstić information content (AvgIpc) is 2.94. The zero-order chi connectivity index (χ0) is 16.0. The van der Waals surface area contributed by atoms with Gasteiger partial charge in [0.2, 0.25) is 10.0 Å². The third-order valence-corrected chi connectivity index (χ3v) is 6.44. The van der Waals surface area contributed by atoms with Gasteiger partial charge in [-0.1, -0.05) is 6.07 Å². The van der Waals surface area contributed by atoms with Gasteiger partial charge < -0.3 is 0 Å². The summed E-state index contributed by atoms with van der Waals surface area (Å²) in [7, 11) is -3.93. The number of nitrogens with zero attached hydrogens (tertiary/aromatic N) is 1. The van der Waals surface area contributed by atoms with Crippen LogP contribution in [0.15, 0.2) is 40.6 Å². The van der Waals surface area contributed by atoms with Gasteiger partial charge in [0.05, 0.1) is 10.5 Å². The Hall–Kier alpha value is -1.38. The third-order valence-electron chi connectivity index (χ3n) is 3.57. The van der Waals surface area contributed by atoms with Crippen molar-refractivity contribution in [2.45, 2.75) is 24.0 Å². The molecule has 0 aliphatic carbocycles. The Morgan fingerprint density at radius 3 is 2.68 bits per heavy atom. The molecule has 0 spiro atoms. The van der Waals surface area contributed by atoms with Crippen LogP contribution < -0.4 is 0 Å². The van der Waals surface area contributed by atoms with Crippen molar-refractivity contribution in [3.63, 3.8) is 0 Å². The molecule has 2 heterocycles. The molecule has 1 aliphatic rings. The highest BCUT2D eigenvalue weighted by Gasteiger charge is 2.34. The fourth-order valence-corrected chi connectivity index (χ4v) is 4.76. The molecule has 0 saturated carbocycles. The molecular formula is C14H12F3NO2S2. The van der Waals surface area contributed by atoms with Gasteiger partial charge >= 0.3 is 6.18 Å². The standard InChI is InChI=1S/C14H12F3NO2S2/c15-14(16,17)11-2-1-3-12(8-11)22(19,20)18-6-4-13-10(9-18)5-7-21-13/h1-3,5,7-8H,4,6,9H2. The quantitative estimate of drug-likeness (QED) is 0.834. The predicted molar refractivity (Wildman–Crippen MR) is 77.1 cm³/mol. The van der Waals surface area contributed by atoms with Crippen molar-refractivity contribution in [3.8, 4) is 0 Å². The largest absolute Gasteiger partial charge is 0.416 e. The van der Waals surface area contributed by atoms with Gasteiger partial charge in [-0.05, 0) is 41.6 Å². The Balaban J connectivity index is 1.94. The van der Waals surface area contributed by atoms with Crippen LogP contribution in [0.2, 0.25) is 0 Å². The second kappa shape index (κ2) is 5.36. The summed E-state index contributed by atoms with van der Waals surface area (Å²) in [4.78, 5) is 0.816. The van der Waals surface area contributed by atoms with Gasteiger partial charge in [0.15, 0.2) is 0 Å². The molecule has 0 bridgehead atoms. The molecule has 118 valence electrons. The smallest absolute Gasteiger partial charge is 0.207 e. The number of sulfonamides is 1. The molecule has 2 aromatic rings. The number of fused-ring (bicyclic) bond motifs is 1. The third kappa shape index (κ3) is 2.78. The first-order valence-corrected chi connectivity index (χ1v) is 8.83. The van der Waals surface area contributed by atoms with Crippen molar-refractivity contribution in [3.05, 3.63) is 51.7 Å². The number of hydrogen-bond donors (Lipinski definition) is 0. The lowest BCUT2D eigenvalue weighted by atomic mass is 10.1. The van der Waals surface area contributed by atoms with Crippen LogP contribution in [0.25, 0.3) is 0 Å². The van der Waals surface area contributed by atoms with Crippen LogP contribution in [0, 0.1) is 0 Å². The number of thiophene rings is 1. The van der Waals surface area contributed by atoms with E-state index in [1.807, 2.05) is 11.4 Å². The molecule has 0 N–H and O–H groups in total. The van der Waals surface area contributed by atoms with Crippen LogP contribution in [-0.4, -0.2) is 19.3 Å². The summed E-state index contributed by atoms with van der Waals surface area (Å²) < 4.78 is 64.6. The minimum Gasteiger partial charge on any atom is -0.207 e. The highest BCUT2D eigenvalue weighted by molar-refractivity contribution is 7.89. The number of alkyl halides is 3. The van der Waals surface area contributed by atoms with Crippen LogP contribution in [0.3, 0.4) is 0 Å². The maximum atomic E-state index is 12.7. The van der Waals surface area contributed by atoms with Gasteiger partial charge in [0, 0.05) is 18.0 Å². The Bertz CT molecular complexity index is 796. The first-order valence-electron chi connectivity index (χ1n) is 6.51. The number of benzene rings is 1. The monoisotopic (exact) mass is 347 g/mol. The molecule has 0 saturated heterocycles. The lowest BCUT2D eigenvalue weighted by Crippen LogP contribution is -2.35. The molecule has 8 heteroatoms. The summed E-state index contributed by atoms with van der Waals surface area (Å²) >= 11 is 1.57. The maximum Gasteiger partial charge on any atom is 0.416 e. The van der Waals surface area contributed by atoms with Crippen LogP contribution >= 0.6 is 11.3 Å². The molecule has 1 aromatic heterocycles. The first-order chi connectivity index (χ1) is 10.3. The summed E-state index contributed by atoms with van der Waals surface area (Å²) in [5.74, 6) is 0. The van der Waals surface area contributed by atoms with Gasteiger partial charge in [-0.15, -0.1) is 11.3 Å². The highest BCUT2D eigenvalue weighted by Crippen LogP contribution is 2.32. The van der Waals surface area contributed by atoms with E-state index in [0.717, 1.165) is 22.6 Å². The van der Waals surface area contributed by atoms with Gasteiger partial charge in [0.25, 0.3) is 0 Å². The molecular weight excluding hydrogens is 335 g/mol. The molecule has 0 fully saturated rings. The molecule has 1 aliphatic heterocycles. The minimum atomic E-state index is -4.56. The van der Waals surface area contributed by atoms with E-state index in [0.29, 0.717) is 12.5 Å². The lowest BCUT2D eigenvalue weighted by molar-refractivity contribution is -0.137. The summed E-state index contributed by atoms with van der Waals surface area (Å²) in [5, 5.41) is 1.89. The van der Waals surface area contributed by atoms with Crippen LogP contribution in [-0.2, 0) is 29.2 Å². The lowest BCUT2D eigenvalue weighted by Gasteiger charge is -2.26. The zero-order valence-electron chi connectivity index (χ0n) is 11.3. The van der Waals surface area contributed by atoms with Crippen molar-refractivity contribution in [1.29, 1.82) is 0 Å². The van der Waals surface area contributed by atoms with Gasteiger partial charge in [-0.25, -0.2) is 8.42 Å². The Morgan fingerprint density at radius 2 is 1.95 bits per heavy atom. The number of rotatable bonds is 2. The molecule has 1 aromatic carbocycles. The molecule has 22 heavy (non-hydrogen) atoms. The van der Waals surface area contributed by atoms with E-state index in [1.165, 1.54) is 10.4 Å². The molecule has 3 nitrogen and oxygen atoms in total. The fraction of sp³-hybridized carbons (Fsp3) is 0.286. The van der Waals surface area contributed by atoms with Crippen LogP contribution in [0.4, 0.5) is 13.2 Å². The Morgan fingerprint density at radius 1 is 1.18 bits per heavy atom. The minimum absolute atomic E-state index is 0.206. The van der Waals surface area contributed by atoms with Gasteiger partial charge in [-0.2, -0.15) is 17.5 Å². The van der Waals surface area contributed by atoms with Crippen LogP contribution in [0.1, 0.15) is 16.0 Å². The zero-order valence-corrected chi connectivity index (χ0v) is 12.9. The van der Waals surface area contributed by atoms with Crippen molar-refractivity contribution < 1.29 is 21.6 Å². The van der Waals surface area contributed by atoms with Crippen molar-refractivity contribution in [2.24, 2.45) is 0 Å². The van der Waals surface area contributed by atoms with Crippen LogP contribution in [0.5, 0.6) is 0 Å². The van der Waals surface area contributed by atoms with E-state index >= 15 is 0 Å². The van der Waals surface area contributed by atoms with E-state index in [9.17, 15) is 21.6 Å². The number of hydrogen-bond acceptors (Lipinski definition) is 3. The summed E-state index contributed by atoms with van der Waals surface area (Å²) in [6, 6.07) is 5.74. The van der Waals surface area contributed by atoms with Crippen molar-refractivity contribution in [2.75, 3.05) is 6.54 Å². The highest BCUT2D eigenvalue weighted by atomic mass is 32.2. The summed E-state index contributed by atoms with van der Waals surface area (Å²) in [6.07, 6.45) is -3.97. The average molecular weight is 347 g/mol. The van der Waals surface area contributed by atoms with E-state index in [1.54, 1.807) is 11.3 Å². The molecule has 3 rings (SSSR count). The molecule has 0 radical (unpaired) electrons. The Labute approximate surface area is 130 Å². The first kappa shape index (κ1) is 15.5. The van der Waals surface area contributed by atoms with E-state index in [2.05, 4.69) is 0 Å². The van der Waals surface area contributed by atoms with E-state index in [4.69, 9.17) is 0 Å². The van der Waals surface area contributed by atoms with E-state index < -0.39 is 21.8 Å². The normalized spacial score (nSPS) is 16.5. The topological polar surface area (TPSA) is 37.4 Å². The predicted octanol–water partition coefficient (Wildman–Crippen LogP) is 3.51. The summed E-state index contributed by atoms with van der Waals surface area (Å²) in [5.41, 5.74) is -0.0337. The maximum absolute atomic E-state index is 12.7. The molecule has 0 atom stereocenters. The van der Waals surface area contributed by atoms with Crippen molar-refractivity contribution in [1.82, 2.24) is 4.31 Å². The number of halogens is 3. The second-order valence-electron chi connectivity index (χ2n) is 4.98. The Kier molecular flexibility index (Phi) is 3.78.